The van der Waals surface area contributed by atoms with Gasteiger partial charge in [0, 0.05) is 22.7 Å². The van der Waals surface area contributed by atoms with E-state index in [4.69, 9.17) is 5.11 Å². The van der Waals surface area contributed by atoms with Crippen molar-refractivity contribution in [3.05, 3.63) is 35.9 Å². The number of rotatable bonds is 3. The number of fused-ring (bicyclic) bond motifs is 1. The Labute approximate surface area is 109 Å². The molecule has 0 aromatic heterocycles. The number of thioether (sulfide) groups is 1. The zero-order valence-electron chi connectivity index (χ0n) is 9.68. The van der Waals surface area contributed by atoms with Crippen LogP contribution in [0.25, 0.3) is 0 Å². The first-order valence-corrected chi connectivity index (χ1v) is 6.61. The van der Waals surface area contributed by atoms with Gasteiger partial charge in [-0.2, -0.15) is 0 Å². The van der Waals surface area contributed by atoms with Gasteiger partial charge in [-0.1, -0.05) is 0 Å². The fraction of sp³-hybridized carbons (Fsp3) is 0.231. The van der Waals surface area contributed by atoms with Gasteiger partial charge in [-0.15, -0.1) is 11.8 Å². The van der Waals surface area contributed by atoms with Gasteiger partial charge in [0.1, 0.15) is 0 Å². The topological polar surface area (TPSA) is 66.4 Å². The van der Waals surface area contributed by atoms with Crippen LogP contribution in [0.1, 0.15) is 12.0 Å². The Kier molecular flexibility index (Phi) is 4.04. The first-order valence-electron chi connectivity index (χ1n) is 5.63. The monoisotopic (exact) mass is 263 g/mol. The van der Waals surface area contributed by atoms with Crippen molar-refractivity contribution in [2.45, 2.75) is 17.7 Å². The van der Waals surface area contributed by atoms with Gasteiger partial charge in [-0.3, -0.25) is 4.79 Å². The molecule has 0 fully saturated rings. The zero-order chi connectivity index (χ0) is 13.0. The van der Waals surface area contributed by atoms with Crippen LogP contribution in [0.5, 0.6) is 0 Å². The summed E-state index contributed by atoms with van der Waals surface area (Å²) in [6.07, 6.45) is 4.01. The predicted octanol–water partition coefficient (Wildman–Crippen LogP) is 2.30. The molecule has 0 radical (unpaired) electrons. The van der Waals surface area contributed by atoms with Crippen molar-refractivity contribution in [1.82, 2.24) is 0 Å². The second-order valence-electron chi connectivity index (χ2n) is 3.94. The fourth-order valence-electron chi connectivity index (χ4n) is 1.77. The minimum atomic E-state index is -1.13. The smallest absolute Gasteiger partial charge is 0.328 e. The Morgan fingerprint density at radius 2 is 2.17 bits per heavy atom. The molecule has 1 aliphatic heterocycles. The number of carbonyl (C=O) groups is 2. The molecule has 0 aliphatic carbocycles. The summed E-state index contributed by atoms with van der Waals surface area (Å²) in [5.74, 6) is -0.423. The fourth-order valence-corrected chi connectivity index (χ4v) is 2.79. The van der Waals surface area contributed by atoms with Crippen molar-refractivity contribution >= 4 is 29.3 Å². The summed E-state index contributed by atoms with van der Waals surface area (Å²) < 4.78 is 0. The number of amides is 1. The number of carbonyl (C=O) groups excluding carboxylic acids is 1. The van der Waals surface area contributed by atoms with Gasteiger partial charge < -0.3 is 10.4 Å². The summed E-state index contributed by atoms with van der Waals surface area (Å²) in [5, 5.41) is 11.1. The van der Waals surface area contributed by atoms with E-state index in [1.165, 1.54) is 10.5 Å². The van der Waals surface area contributed by atoms with E-state index in [-0.39, 0.29) is 0 Å². The molecular weight excluding hydrogens is 250 g/mol. The highest BCUT2D eigenvalue weighted by Crippen LogP contribution is 2.31. The standard InChI is InChI=1S/C13H13NO3S/c15-12(5-6-13(16)17)14-10-3-4-11-9(8-10)2-1-7-18-11/h3-6,8H,1-2,7H2,(H,14,15)(H,16,17)/b6-5+. The molecule has 1 heterocycles. The largest absolute Gasteiger partial charge is 0.478 e. The Hall–Kier alpha value is -1.75. The lowest BCUT2D eigenvalue weighted by molar-refractivity contribution is -0.131. The van der Waals surface area contributed by atoms with Crippen molar-refractivity contribution in [1.29, 1.82) is 0 Å². The van der Waals surface area contributed by atoms with Gasteiger partial charge in [0.15, 0.2) is 0 Å². The molecule has 18 heavy (non-hydrogen) atoms. The molecule has 0 atom stereocenters. The van der Waals surface area contributed by atoms with Gasteiger partial charge in [-0.25, -0.2) is 4.79 Å². The minimum Gasteiger partial charge on any atom is -0.478 e. The number of carboxylic acid groups (broad SMARTS) is 1. The van der Waals surface area contributed by atoms with Crippen LogP contribution in [-0.4, -0.2) is 22.7 Å². The summed E-state index contributed by atoms with van der Waals surface area (Å²) in [6, 6.07) is 5.79. The van der Waals surface area contributed by atoms with Gasteiger partial charge in [0.25, 0.3) is 0 Å². The molecule has 2 N–H and O–H groups in total. The molecule has 0 saturated heterocycles. The Balaban J connectivity index is 2.06. The quantitative estimate of drug-likeness (QED) is 0.821. The summed E-state index contributed by atoms with van der Waals surface area (Å²) >= 11 is 1.83. The molecule has 5 heteroatoms. The first-order chi connectivity index (χ1) is 8.65. The maximum absolute atomic E-state index is 11.4. The third kappa shape index (κ3) is 3.37. The van der Waals surface area contributed by atoms with Gasteiger partial charge in [-0.05, 0) is 42.4 Å². The van der Waals surface area contributed by atoms with Crippen molar-refractivity contribution in [2.75, 3.05) is 11.1 Å². The summed E-state index contributed by atoms with van der Waals surface area (Å²) in [4.78, 5) is 23.0. The highest BCUT2D eigenvalue weighted by atomic mass is 32.2. The SMILES string of the molecule is O=C(O)/C=C/C(=O)Nc1ccc2c(c1)CCCS2. The highest BCUT2D eigenvalue weighted by molar-refractivity contribution is 7.99. The number of nitrogens with one attached hydrogen (secondary N) is 1. The molecule has 0 spiro atoms. The minimum absolute atomic E-state index is 0.430. The van der Waals surface area contributed by atoms with E-state index < -0.39 is 11.9 Å². The van der Waals surface area contributed by atoms with E-state index in [2.05, 4.69) is 5.32 Å². The molecule has 0 unspecified atom stereocenters. The van der Waals surface area contributed by atoms with Crippen molar-refractivity contribution in [3.8, 4) is 0 Å². The van der Waals surface area contributed by atoms with Crippen molar-refractivity contribution < 1.29 is 14.7 Å². The second-order valence-corrected chi connectivity index (χ2v) is 5.07. The number of benzene rings is 1. The number of aliphatic carboxylic acids is 1. The van der Waals surface area contributed by atoms with E-state index in [1.54, 1.807) is 0 Å². The van der Waals surface area contributed by atoms with Crippen molar-refractivity contribution in [2.24, 2.45) is 0 Å². The van der Waals surface area contributed by atoms with Crippen molar-refractivity contribution in [3.63, 3.8) is 0 Å². The Morgan fingerprint density at radius 1 is 1.33 bits per heavy atom. The number of hydrogen-bond donors (Lipinski definition) is 2. The maximum Gasteiger partial charge on any atom is 0.328 e. The number of aryl methyl sites for hydroxylation is 1. The summed E-state index contributed by atoms with van der Waals surface area (Å²) in [5.41, 5.74) is 1.95. The first kappa shape index (κ1) is 12.7. The Morgan fingerprint density at radius 3 is 2.94 bits per heavy atom. The van der Waals surface area contributed by atoms with E-state index in [1.807, 2.05) is 30.0 Å². The molecule has 4 nitrogen and oxygen atoms in total. The second kappa shape index (κ2) is 5.73. The molecule has 0 bridgehead atoms. The lowest BCUT2D eigenvalue weighted by Gasteiger charge is -2.16. The van der Waals surface area contributed by atoms with Crippen LogP contribution in [0, 0.1) is 0 Å². The van der Waals surface area contributed by atoms with Gasteiger partial charge >= 0.3 is 5.97 Å². The van der Waals surface area contributed by atoms with Crippen LogP contribution in [-0.2, 0) is 16.0 Å². The molecule has 94 valence electrons. The number of carboxylic acids is 1. The highest BCUT2D eigenvalue weighted by Gasteiger charge is 2.10. The average molecular weight is 263 g/mol. The van der Waals surface area contributed by atoms with Crippen LogP contribution >= 0.6 is 11.8 Å². The normalized spacial score (nSPS) is 14.2. The van der Waals surface area contributed by atoms with Crippen LogP contribution in [0.3, 0.4) is 0 Å². The molecule has 1 amide bonds. The van der Waals surface area contributed by atoms with Gasteiger partial charge in [0.2, 0.25) is 5.91 Å². The van der Waals surface area contributed by atoms with E-state index in [0.717, 1.165) is 30.7 Å². The molecule has 2 rings (SSSR count). The van der Waals surface area contributed by atoms with E-state index in [9.17, 15) is 9.59 Å². The van der Waals surface area contributed by atoms with E-state index in [0.29, 0.717) is 5.69 Å². The van der Waals surface area contributed by atoms with Crippen LogP contribution in [0.15, 0.2) is 35.2 Å². The summed E-state index contributed by atoms with van der Waals surface area (Å²) in [6.45, 7) is 0. The molecule has 1 aromatic rings. The average Bonchev–Trinajstić information content (AvgIpc) is 2.36. The molecule has 0 saturated carbocycles. The third-order valence-corrected chi connectivity index (χ3v) is 3.76. The molecule has 1 aliphatic rings. The molecular formula is C13H13NO3S. The zero-order valence-corrected chi connectivity index (χ0v) is 10.5. The van der Waals surface area contributed by atoms with E-state index >= 15 is 0 Å². The van der Waals surface area contributed by atoms with Crippen LogP contribution < -0.4 is 5.32 Å². The predicted molar refractivity (Wildman–Crippen MR) is 70.9 cm³/mol. The lowest BCUT2D eigenvalue weighted by atomic mass is 10.1. The van der Waals surface area contributed by atoms with Crippen LogP contribution in [0.4, 0.5) is 5.69 Å². The lowest BCUT2D eigenvalue weighted by Crippen LogP contribution is -2.09. The summed E-state index contributed by atoms with van der Waals surface area (Å²) in [7, 11) is 0. The Bertz CT molecular complexity index is 511. The number of hydrogen-bond acceptors (Lipinski definition) is 3. The van der Waals surface area contributed by atoms with Crippen LogP contribution in [0.2, 0.25) is 0 Å². The third-order valence-electron chi connectivity index (χ3n) is 2.55. The molecule has 1 aromatic carbocycles. The number of anilines is 1. The maximum atomic E-state index is 11.4. The van der Waals surface area contributed by atoms with Gasteiger partial charge in [0.05, 0.1) is 0 Å².